The first-order chi connectivity index (χ1) is 11.5. The monoisotopic (exact) mass is 349 g/mol. The molecule has 8 nitrogen and oxygen atoms in total. The molecule has 0 atom stereocenters. The van der Waals surface area contributed by atoms with Gasteiger partial charge in [-0.15, -0.1) is 16.4 Å². The van der Waals surface area contributed by atoms with E-state index >= 15 is 0 Å². The number of imide groups is 1. The molecule has 9 heteroatoms. The molecule has 1 saturated carbocycles. The Labute approximate surface area is 142 Å². The number of amides is 3. The molecule has 0 bridgehead atoms. The van der Waals surface area contributed by atoms with Crippen LogP contribution < -0.4 is 16.3 Å². The van der Waals surface area contributed by atoms with Crippen molar-refractivity contribution in [3.8, 4) is 10.7 Å². The number of thiophene rings is 1. The van der Waals surface area contributed by atoms with Gasteiger partial charge in [0.1, 0.15) is 6.54 Å². The van der Waals surface area contributed by atoms with Crippen LogP contribution in [0.1, 0.15) is 32.7 Å². The fraction of sp³-hybridized carbons (Fsp3) is 0.467. The molecule has 128 valence electrons. The molecule has 2 aromatic rings. The Kier molecular flexibility index (Phi) is 4.52. The Bertz CT molecular complexity index is 802. The van der Waals surface area contributed by atoms with Gasteiger partial charge in [-0.1, -0.05) is 6.07 Å². The molecule has 0 aromatic carbocycles. The lowest BCUT2D eigenvalue weighted by Crippen LogP contribution is -2.44. The topological polar surface area (TPSA) is 98.0 Å². The van der Waals surface area contributed by atoms with E-state index in [1.54, 1.807) is 18.4 Å². The minimum absolute atomic E-state index is 0.0833. The van der Waals surface area contributed by atoms with Crippen molar-refractivity contribution in [3.05, 3.63) is 28.0 Å². The maximum atomic E-state index is 12.6. The summed E-state index contributed by atoms with van der Waals surface area (Å²) in [5.41, 5.74) is -0.319. The Balaban J connectivity index is 1.79. The number of aromatic nitrogens is 3. The predicted octanol–water partition coefficient (Wildman–Crippen LogP) is 1.34. The SMILES string of the molecule is CC(C)NC(=O)NC(=O)Cn1nc(-c2cccs2)n(C2CC2)c1=O. The summed E-state index contributed by atoms with van der Waals surface area (Å²) in [6, 6.07) is 3.27. The maximum Gasteiger partial charge on any atom is 0.346 e. The van der Waals surface area contributed by atoms with Crippen molar-refractivity contribution in [1.82, 2.24) is 25.0 Å². The Morgan fingerprint density at radius 2 is 2.17 bits per heavy atom. The molecule has 0 saturated heterocycles. The summed E-state index contributed by atoms with van der Waals surface area (Å²) >= 11 is 1.49. The first kappa shape index (κ1) is 16.4. The van der Waals surface area contributed by atoms with Gasteiger partial charge in [-0.3, -0.25) is 14.7 Å². The predicted molar refractivity (Wildman–Crippen MR) is 89.9 cm³/mol. The summed E-state index contributed by atoms with van der Waals surface area (Å²) < 4.78 is 2.76. The smallest absolute Gasteiger partial charge is 0.336 e. The highest BCUT2D eigenvalue weighted by Gasteiger charge is 2.31. The molecule has 0 radical (unpaired) electrons. The molecule has 24 heavy (non-hydrogen) atoms. The van der Waals surface area contributed by atoms with Gasteiger partial charge in [0.15, 0.2) is 5.82 Å². The van der Waals surface area contributed by atoms with Crippen molar-refractivity contribution in [1.29, 1.82) is 0 Å². The van der Waals surface area contributed by atoms with Gasteiger partial charge < -0.3 is 5.32 Å². The molecule has 1 fully saturated rings. The molecular formula is C15H19N5O3S. The van der Waals surface area contributed by atoms with E-state index in [1.165, 1.54) is 11.3 Å². The van der Waals surface area contributed by atoms with Crippen LogP contribution in [0.2, 0.25) is 0 Å². The van der Waals surface area contributed by atoms with Crippen molar-refractivity contribution in [2.75, 3.05) is 0 Å². The van der Waals surface area contributed by atoms with E-state index in [9.17, 15) is 14.4 Å². The lowest BCUT2D eigenvalue weighted by atomic mass is 10.4. The summed E-state index contributed by atoms with van der Waals surface area (Å²) in [5, 5.41) is 11.0. The zero-order valence-electron chi connectivity index (χ0n) is 13.5. The van der Waals surface area contributed by atoms with Crippen molar-refractivity contribution in [2.45, 2.75) is 45.3 Å². The van der Waals surface area contributed by atoms with Gasteiger partial charge in [0.25, 0.3) is 0 Å². The molecule has 0 spiro atoms. The third-order valence-corrected chi connectivity index (χ3v) is 4.36. The summed E-state index contributed by atoms with van der Waals surface area (Å²) in [5.74, 6) is 0.00496. The van der Waals surface area contributed by atoms with Crippen LogP contribution in [-0.2, 0) is 11.3 Å². The summed E-state index contributed by atoms with van der Waals surface area (Å²) in [6.45, 7) is 3.29. The van der Waals surface area contributed by atoms with E-state index in [1.807, 2.05) is 17.5 Å². The van der Waals surface area contributed by atoms with Gasteiger partial charge in [-0.05, 0) is 38.1 Å². The second-order valence-electron chi connectivity index (χ2n) is 6.02. The lowest BCUT2D eigenvalue weighted by molar-refractivity contribution is -0.120. The number of nitrogens with zero attached hydrogens (tertiary/aromatic N) is 3. The van der Waals surface area contributed by atoms with Gasteiger partial charge in [0.05, 0.1) is 4.88 Å². The molecule has 2 aromatic heterocycles. The van der Waals surface area contributed by atoms with Crippen LogP contribution in [0.4, 0.5) is 4.79 Å². The number of urea groups is 1. The summed E-state index contributed by atoms with van der Waals surface area (Å²) in [4.78, 5) is 37.0. The first-order valence-corrected chi connectivity index (χ1v) is 8.67. The van der Waals surface area contributed by atoms with E-state index in [-0.39, 0.29) is 24.3 Å². The number of rotatable bonds is 5. The van der Waals surface area contributed by atoms with Gasteiger partial charge in [-0.25, -0.2) is 14.3 Å². The van der Waals surface area contributed by atoms with Crippen molar-refractivity contribution in [2.24, 2.45) is 0 Å². The molecular weight excluding hydrogens is 330 g/mol. The molecule has 1 aliphatic carbocycles. The number of carbonyl (C=O) groups excluding carboxylic acids is 2. The lowest BCUT2D eigenvalue weighted by Gasteiger charge is -2.08. The largest absolute Gasteiger partial charge is 0.346 e. The van der Waals surface area contributed by atoms with Crippen molar-refractivity contribution in [3.63, 3.8) is 0 Å². The van der Waals surface area contributed by atoms with Crippen LogP contribution in [0.5, 0.6) is 0 Å². The zero-order chi connectivity index (χ0) is 17.3. The molecule has 2 N–H and O–H groups in total. The fourth-order valence-electron chi connectivity index (χ4n) is 2.36. The quantitative estimate of drug-likeness (QED) is 0.851. The van der Waals surface area contributed by atoms with Crippen molar-refractivity contribution >= 4 is 23.3 Å². The van der Waals surface area contributed by atoms with Gasteiger partial charge in [-0.2, -0.15) is 0 Å². The molecule has 3 rings (SSSR count). The number of hydrogen-bond donors (Lipinski definition) is 2. The molecule has 3 amide bonds. The summed E-state index contributed by atoms with van der Waals surface area (Å²) in [7, 11) is 0. The van der Waals surface area contributed by atoms with Crippen LogP contribution in [0, 0.1) is 0 Å². The fourth-order valence-corrected chi connectivity index (χ4v) is 3.06. The third-order valence-electron chi connectivity index (χ3n) is 3.49. The maximum absolute atomic E-state index is 12.6. The van der Waals surface area contributed by atoms with Crippen molar-refractivity contribution < 1.29 is 9.59 Å². The second kappa shape index (κ2) is 6.60. The van der Waals surface area contributed by atoms with Gasteiger partial charge in [0, 0.05) is 12.1 Å². The van der Waals surface area contributed by atoms with E-state index < -0.39 is 11.9 Å². The zero-order valence-corrected chi connectivity index (χ0v) is 14.3. The highest BCUT2D eigenvalue weighted by Crippen LogP contribution is 2.37. The average molecular weight is 349 g/mol. The minimum Gasteiger partial charge on any atom is -0.336 e. The Morgan fingerprint density at radius 1 is 1.42 bits per heavy atom. The third kappa shape index (κ3) is 3.56. The Morgan fingerprint density at radius 3 is 2.75 bits per heavy atom. The van der Waals surface area contributed by atoms with E-state index in [2.05, 4.69) is 15.7 Å². The summed E-state index contributed by atoms with van der Waals surface area (Å²) in [6.07, 6.45) is 1.87. The average Bonchev–Trinajstić information content (AvgIpc) is 3.06. The van der Waals surface area contributed by atoms with E-state index in [4.69, 9.17) is 0 Å². The Hall–Kier alpha value is -2.42. The van der Waals surface area contributed by atoms with E-state index in [0.29, 0.717) is 5.82 Å². The molecule has 0 aliphatic heterocycles. The van der Waals surface area contributed by atoms with Crippen LogP contribution >= 0.6 is 11.3 Å². The van der Waals surface area contributed by atoms with Crippen LogP contribution in [0.3, 0.4) is 0 Å². The normalized spacial score (nSPS) is 14.0. The van der Waals surface area contributed by atoms with Gasteiger partial charge >= 0.3 is 11.7 Å². The van der Waals surface area contributed by atoms with Crippen LogP contribution in [0.15, 0.2) is 22.3 Å². The molecule has 0 unspecified atom stereocenters. The number of hydrogen-bond acceptors (Lipinski definition) is 5. The second-order valence-corrected chi connectivity index (χ2v) is 6.97. The molecule has 2 heterocycles. The first-order valence-electron chi connectivity index (χ1n) is 7.79. The van der Waals surface area contributed by atoms with E-state index in [0.717, 1.165) is 22.4 Å². The number of carbonyl (C=O) groups is 2. The minimum atomic E-state index is -0.580. The molecule has 1 aliphatic rings. The highest BCUT2D eigenvalue weighted by atomic mass is 32.1. The van der Waals surface area contributed by atoms with Crippen LogP contribution in [0.25, 0.3) is 10.7 Å². The number of nitrogens with one attached hydrogen (secondary N) is 2. The standard InChI is InChI=1S/C15H19N5O3S/c1-9(2)16-14(22)17-12(21)8-19-15(23)20(10-5-6-10)13(18-19)11-4-3-7-24-11/h3-4,7,9-10H,5-6,8H2,1-2H3,(H2,16,17,21,22). The highest BCUT2D eigenvalue weighted by molar-refractivity contribution is 7.13. The van der Waals surface area contributed by atoms with Gasteiger partial charge in [0.2, 0.25) is 5.91 Å². The van der Waals surface area contributed by atoms with Crippen LogP contribution in [-0.4, -0.2) is 32.3 Å².